The lowest BCUT2D eigenvalue weighted by Crippen LogP contribution is -2.00. The summed E-state index contributed by atoms with van der Waals surface area (Å²) in [6.07, 6.45) is 0. The maximum absolute atomic E-state index is 9.26. The number of aromatic nitrogens is 2. The first-order valence-corrected chi connectivity index (χ1v) is 6.39. The van der Waals surface area contributed by atoms with E-state index in [1.807, 2.05) is 38.2 Å². The van der Waals surface area contributed by atoms with E-state index in [9.17, 15) is 5.26 Å². The van der Waals surface area contributed by atoms with Crippen molar-refractivity contribution in [2.24, 2.45) is 7.05 Å². The van der Waals surface area contributed by atoms with Gasteiger partial charge in [0.15, 0.2) is 0 Å². The minimum atomic E-state index is 0.584. The molecular weight excluding hydrogens is 248 g/mol. The average Bonchev–Trinajstić information content (AvgIpc) is 2.73. The Hall–Kier alpha value is -2.80. The lowest BCUT2D eigenvalue weighted by atomic mass is 10.1. The lowest BCUT2D eigenvalue weighted by molar-refractivity contribution is 0.765. The van der Waals surface area contributed by atoms with Gasteiger partial charge in [-0.05, 0) is 18.4 Å². The van der Waals surface area contributed by atoms with Crippen molar-refractivity contribution in [1.82, 2.24) is 9.78 Å². The van der Waals surface area contributed by atoms with Crippen LogP contribution in [0.3, 0.4) is 0 Å². The number of hydrogen-bond acceptors (Lipinski definition) is 3. The van der Waals surface area contributed by atoms with E-state index in [0.29, 0.717) is 5.56 Å². The zero-order chi connectivity index (χ0) is 14.1. The zero-order valence-corrected chi connectivity index (χ0v) is 11.4. The molecule has 0 fully saturated rings. The van der Waals surface area contributed by atoms with Gasteiger partial charge in [0.25, 0.3) is 0 Å². The topological polar surface area (TPSA) is 53.6 Å². The van der Waals surface area contributed by atoms with Crippen molar-refractivity contribution in [2.45, 2.75) is 6.92 Å². The number of nitriles is 1. The Morgan fingerprint density at radius 2 is 1.90 bits per heavy atom. The van der Waals surface area contributed by atoms with Gasteiger partial charge >= 0.3 is 0 Å². The number of anilines is 2. The largest absolute Gasteiger partial charge is 0.339 e. The molecule has 0 spiro atoms. The summed E-state index contributed by atoms with van der Waals surface area (Å²) in [7, 11) is 1.83. The van der Waals surface area contributed by atoms with Crippen LogP contribution < -0.4 is 5.32 Å². The summed E-state index contributed by atoms with van der Waals surface area (Å²) in [4.78, 5) is 0. The Bertz CT molecular complexity index is 819. The fraction of sp³-hybridized carbons (Fsp3) is 0.125. The van der Waals surface area contributed by atoms with E-state index in [4.69, 9.17) is 0 Å². The predicted octanol–water partition coefficient (Wildman–Crippen LogP) is 3.50. The number of benzene rings is 2. The van der Waals surface area contributed by atoms with E-state index in [1.54, 1.807) is 4.68 Å². The number of fused-ring (bicyclic) bond motifs is 1. The van der Waals surface area contributed by atoms with Crippen LogP contribution in [0.5, 0.6) is 0 Å². The fourth-order valence-corrected chi connectivity index (χ4v) is 2.40. The minimum absolute atomic E-state index is 0.584. The van der Waals surface area contributed by atoms with Crippen LogP contribution in [-0.4, -0.2) is 9.78 Å². The Kier molecular flexibility index (Phi) is 2.88. The molecule has 0 aliphatic heterocycles. The van der Waals surface area contributed by atoms with Crippen LogP contribution in [-0.2, 0) is 7.05 Å². The summed E-state index contributed by atoms with van der Waals surface area (Å²) in [5.74, 6) is 0.723. The standard InChI is InChI=1S/C16H14N4/c1-11-14(10-17)16(20(2)19-11)18-15-9-5-7-12-6-3-4-8-13(12)15/h3-9,18H,1-2H3. The number of rotatable bonds is 2. The molecule has 0 radical (unpaired) electrons. The van der Waals surface area contributed by atoms with Crippen molar-refractivity contribution in [2.75, 3.05) is 5.32 Å². The van der Waals surface area contributed by atoms with Crippen LogP contribution in [0, 0.1) is 18.3 Å². The molecule has 1 heterocycles. The molecule has 20 heavy (non-hydrogen) atoms. The smallest absolute Gasteiger partial charge is 0.146 e. The van der Waals surface area contributed by atoms with E-state index in [0.717, 1.165) is 28.0 Å². The molecule has 3 rings (SSSR count). The Morgan fingerprint density at radius 1 is 1.15 bits per heavy atom. The van der Waals surface area contributed by atoms with Gasteiger partial charge in [-0.1, -0.05) is 36.4 Å². The molecule has 98 valence electrons. The first-order valence-electron chi connectivity index (χ1n) is 6.39. The van der Waals surface area contributed by atoms with Crippen molar-refractivity contribution in [3.63, 3.8) is 0 Å². The van der Waals surface area contributed by atoms with Gasteiger partial charge in [0.1, 0.15) is 17.5 Å². The summed E-state index contributed by atoms with van der Waals surface area (Å²) in [5, 5.41) is 19.2. The highest BCUT2D eigenvalue weighted by Crippen LogP contribution is 2.28. The molecule has 0 bridgehead atoms. The van der Waals surface area contributed by atoms with E-state index in [1.165, 1.54) is 0 Å². The summed E-state index contributed by atoms with van der Waals surface area (Å²) in [6, 6.07) is 16.4. The van der Waals surface area contributed by atoms with Gasteiger partial charge in [-0.2, -0.15) is 10.4 Å². The van der Waals surface area contributed by atoms with Crippen molar-refractivity contribution in [3.8, 4) is 6.07 Å². The summed E-state index contributed by atoms with van der Waals surface area (Å²) in [6.45, 7) is 1.84. The van der Waals surface area contributed by atoms with Crippen LogP contribution in [0.2, 0.25) is 0 Å². The molecule has 2 aromatic carbocycles. The quantitative estimate of drug-likeness (QED) is 0.769. The molecule has 0 atom stereocenters. The SMILES string of the molecule is Cc1nn(C)c(Nc2cccc3ccccc23)c1C#N. The molecule has 4 heteroatoms. The molecule has 1 aromatic heterocycles. The van der Waals surface area contributed by atoms with Crippen molar-refractivity contribution in [1.29, 1.82) is 5.26 Å². The second-order valence-electron chi connectivity index (χ2n) is 4.70. The van der Waals surface area contributed by atoms with Crippen molar-refractivity contribution < 1.29 is 0 Å². The first-order chi connectivity index (χ1) is 9.70. The van der Waals surface area contributed by atoms with Crippen molar-refractivity contribution in [3.05, 3.63) is 53.7 Å². The number of nitrogens with zero attached hydrogens (tertiary/aromatic N) is 3. The van der Waals surface area contributed by atoms with Gasteiger partial charge in [0.05, 0.1) is 5.69 Å². The predicted molar refractivity (Wildman–Crippen MR) is 79.9 cm³/mol. The Labute approximate surface area is 117 Å². The van der Waals surface area contributed by atoms with Crippen LogP contribution in [0.15, 0.2) is 42.5 Å². The van der Waals surface area contributed by atoms with Gasteiger partial charge < -0.3 is 5.32 Å². The van der Waals surface area contributed by atoms with Gasteiger partial charge in [-0.25, -0.2) is 0 Å². The Morgan fingerprint density at radius 3 is 2.70 bits per heavy atom. The number of nitrogens with one attached hydrogen (secondary N) is 1. The first kappa shape index (κ1) is 12.2. The Balaban J connectivity index is 2.13. The summed E-state index contributed by atoms with van der Waals surface area (Å²) < 4.78 is 1.70. The number of hydrogen-bond donors (Lipinski definition) is 1. The fourth-order valence-electron chi connectivity index (χ4n) is 2.40. The molecule has 0 unspecified atom stereocenters. The van der Waals surface area contributed by atoms with Gasteiger partial charge in [-0.15, -0.1) is 0 Å². The zero-order valence-electron chi connectivity index (χ0n) is 11.4. The van der Waals surface area contributed by atoms with E-state index in [-0.39, 0.29) is 0 Å². The van der Waals surface area contributed by atoms with E-state index < -0.39 is 0 Å². The summed E-state index contributed by atoms with van der Waals surface area (Å²) in [5.41, 5.74) is 2.29. The average molecular weight is 262 g/mol. The minimum Gasteiger partial charge on any atom is -0.339 e. The van der Waals surface area contributed by atoms with Crippen molar-refractivity contribution >= 4 is 22.3 Å². The van der Waals surface area contributed by atoms with E-state index >= 15 is 0 Å². The van der Waals surface area contributed by atoms with Gasteiger partial charge in [0.2, 0.25) is 0 Å². The molecule has 0 saturated heterocycles. The van der Waals surface area contributed by atoms with Crippen LogP contribution >= 0.6 is 0 Å². The molecule has 0 aliphatic carbocycles. The highest BCUT2D eigenvalue weighted by molar-refractivity contribution is 5.95. The molecule has 4 nitrogen and oxygen atoms in total. The maximum atomic E-state index is 9.26. The van der Waals surface area contributed by atoms with Gasteiger partial charge in [-0.3, -0.25) is 4.68 Å². The third-order valence-corrected chi connectivity index (χ3v) is 3.38. The van der Waals surface area contributed by atoms with Crippen LogP contribution in [0.25, 0.3) is 10.8 Å². The maximum Gasteiger partial charge on any atom is 0.146 e. The normalized spacial score (nSPS) is 10.4. The second kappa shape index (κ2) is 4.71. The second-order valence-corrected chi connectivity index (χ2v) is 4.70. The highest BCUT2D eigenvalue weighted by Gasteiger charge is 2.13. The van der Waals surface area contributed by atoms with E-state index in [2.05, 4.69) is 34.7 Å². The third-order valence-electron chi connectivity index (χ3n) is 3.38. The van der Waals surface area contributed by atoms with Crippen LogP contribution in [0.4, 0.5) is 11.5 Å². The molecular formula is C16H14N4. The molecule has 1 N–H and O–H groups in total. The molecule has 0 aliphatic rings. The molecule has 0 amide bonds. The van der Waals surface area contributed by atoms with Crippen LogP contribution in [0.1, 0.15) is 11.3 Å². The third kappa shape index (κ3) is 1.90. The summed E-state index contributed by atoms with van der Waals surface area (Å²) >= 11 is 0. The molecule has 0 saturated carbocycles. The number of aryl methyl sites for hydroxylation is 2. The molecule has 3 aromatic rings. The van der Waals surface area contributed by atoms with Gasteiger partial charge in [0, 0.05) is 18.1 Å². The lowest BCUT2D eigenvalue weighted by Gasteiger charge is -2.10. The monoisotopic (exact) mass is 262 g/mol. The highest BCUT2D eigenvalue weighted by atomic mass is 15.3.